The monoisotopic (exact) mass is 437 g/mol. The number of rotatable bonds is 5. The van der Waals surface area contributed by atoms with Crippen molar-refractivity contribution >= 4 is 15.9 Å². The predicted octanol–water partition coefficient (Wildman–Crippen LogP) is 5.57. The number of pyridine rings is 1. The van der Waals surface area contributed by atoms with Crippen LogP contribution in [0.3, 0.4) is 0 Å². The fraction of sp³-hybridized carbons (Fsp3) is 0.0909. The summed E-state index contributed by atoms with van der Waals surface area (Å²) in [5, 5.41) is 4.71. The van der Waals surface area contributed by atoms with Gasteiger partial charge in [0.2, 0.25) is 0 Å². The van der Waals surface area contributed by atoms with E-state index in [4.69, 9.17) is 9.84 Å². The summed E-state index contributed by atoms with van der Waals surface area (Å²) in [5.74, 6) is 0.538. The van der Waals surface area contributed by atoms with Crippen LogP contribution in [0.15, 0.2) is 77.7 Å². The van der Waals surface area contributed by atoms with Gasteiger partial charge in [-0.1, -0.05) is 12.1 Å². The van der Waals surface area contributed by atoms with E-state index in [9.17, 15) is 4.39 Å². The summed E-state index contributed by atoms with van der Waals surface area (Å²) < 4.78 is 21.4. The molecule has 0 bridgehead atoms. The summed E-state index contributed by atoms with van der Waals surface area (Å²) in [5.41, 5.74) is 4.82. The van der Waals surface area contributed by atoms with E-state index in [1.165, 1.54) is 12.1 Å². The molecule has 28 heavy (non-hydrogen) atoms. The summed E-state index contributed by atoms with van der Waals surface area (Å²) in [7, 11) is 1.65. The fourth-order valence-electron chi connectivity index (χ4n) is 3.13. The molecule has 4 aromatic rings. The van der Waals surface area contributed by atoms with Crippen molar-refractivity contribution in [2.45, 2.75) is 6.54 Å². The van der Waals surface area contributed by atoms with Gasteiger partial charge >= 0.3 is 0 Å². The lowest BCUT2D eigenvalue weighted by Gasteiger charge is -2.11. The normalized spacial score (nSPS) is 10.8. The van der Waals surface area contributed by atoms with Gasteiger partial charge in [-0.05, 0) is 75.6 Å². The molecular formula is C22H17BrFN3O. The number of benzene rings is 2. The third-order valence-electron chi connectivity index (χ3n) is 4.49. The molecule has 4 nitrogen and oxygen atoms in total. The molecule has 4 rings (SSSR count). The van der Waals surface area contributed by atoms with Crippen molar-refractivity contribution in [3.63, 3.8) is 0 Å². The van der Waals surface area contributed by atoms with Crippen molar-refractivity contribution in [2.24, 2.45) is 0 Å². The zero-order valence-corrected chi connectivity index (χ0v) is 16.7. The molecule has 0 saturated carbocycles. The van der Waals surface area contributed by atoms with Gasteiger partial charge in [0.05, 0.1) is 19.3 Å². The highest BCUT2D eigenvalue weighted by molar-refractivity contribution is 9.10. The molecule has 0 spiro atoms. The van der Waals surface area contributed by atoms with E-state index in [1.807, 2.05) is 41.1 Å². The average Bonchev–Trinajstić information content (AvgIpc) is 3.05. The highest BCUT2D eigenvalue weighted by atomic mass is 79.9. The minimum Gasteiger partial charge on any atom is -0.497 e. The first-order chi connectivity index (χ1) is 13.7. The van der Waals surface area contributed by atoms with Crippen molar-refractivity contribution in [2.75, 3.05) is 7.11 Å². The Hall–Kier alpha value is -2.99. The fourth-order valence-corrected chi connectivity index (χ4v) is 3.73. The van der Waals surface area contributed by atoms with Crippen LogP contribution in [0.25, 0.3) is 22.4 Å². The maximum Gasteiger partial charge on any atom is 0.136 e. The Balaban J connectivity index is 1.84. The van der Waals surface area contributed by atoms with Crippen molar-refractivity contribution in [1.82, 2.24) is 14.8 Å². The van der Waals surface area contributed by atoms with Crippen LogP contribution in [0, 0.1) is 5.82 Å². The molecular weight excluding hydrogens is 421 g/mol. The van der Waals surface area contributed by atoms with Gasteiger partial charge in [-0.3, -0.25) is 9.67 Å². The van der Waals surface area contributed by atoms with Gasteiger partial charge in [0.15, 0.2) is 0 Å². The molecule has 2 aromatic carbocycles. The first-order valence-electron chi connectivity index (χ1n) is 8.71. The summed E-state index contributed by atoms with van der Waals surface area (Å²) in [4.78, 5) is 4.10. The number of methoxy groups -OCH3 is 1. The molecule has 0 aliphatic rings. The quantitative estimate of drug-likeness (QED) is 0.409. The third-order valence-corrected chi connectivity index (χ3v) is 5.04. The minimum atomic E-state index is -0.269. The Morgan fingerprint density at radius 2 is 1.61 bits per heavy atom. The lowest BCUT2D eigenvalue weighted by atomic mass is 10.0. The van der Waals surface area contributed by atoms with Gasteiger partial charge in [0, 0.05) is 23.5 Å². The topological polar surface area (TPSA) is 39.9 Å². The lowest BCUT2D eigenvalue weighted by molar-refractivity contribution is 0.414. The van der Waals surface area contributed by atoms with Gasteiger partial charge in [0.1, 0.15) is 16.2 Å². The van der Waals surface area contributed by atoms with E-state index in [1.54, 1.807) is 31.6 Å². The Morgan fingerprint density at radius 3 is 2.25 bits per heavy atom. The summed E-state index contributed by atoms with van der Waals surface area (Å²) in [6.45, 7) is 0.570. The van der Waals surface area contributed by atoms with Crippen molar-refractivity contribution in [1.29, 1.82) is 0 Å². The summed E-state index contributed by atoms with van der Waals surface area (Å²) >= 11 is 3.61. The molecule has 0 aliphatic heterocycles. The van der Waals surface area contributed by atoms with E-state index >= 15 is 0 Å². The van der Waals surface area contributed by atoms with Crippen LogP contribution in [-0.4, -0.2) is 21.9 Å². The highest BCUT2D eigenvalue weighted by Crippen LogP contribution is 2.38. The number of aromatic nitrogens is 3. The second-order valence-electron chi connectivity index (χ2n) is 6.26. The SMILES string of the molecule is COc1ccc(Cn2nc(Br)c(-c3ccncc3)c2-c2ccc(F)cc2)cc1. The number of nitrogens with zero attached hydrogens (tertiary/aromatic N) is 3. The maximum atomic E-state index is 13.5. The second-order valence-corrected chi connectivity index (χ2v) is 7.01. The van der Waals surface area contributed by atoms with Gasteiger partial charge < -0.3 is 4.74 Å². The molecule has 0 radical (unpaired) electrons. The maximum absolute atomic E-state index is 13.5. The van der Waals surface area contributed by atoms with Crippen LogP contribution < -0.4 is 4.74 Å². The third kappa shape index (κ3) is 3.68. The Bertz CT molecular complexity index is 1080. The molecule has 0 aliphatic carbocycles. The van der Waals surface area contributed by atoms with E-state index in [0.717, 1.165) is 38.3 Å². The zero-order chi connectivity index (χ0) is 19.5. The molecule has 0 saturated heterocycles. The van der Waals surface area contributed by atoms with Crippen LogP contribution in [0.4, 0.5) is 4.39 Å². The molecule has 0 fully saturated rings. The number of hydrogen-bond acceptors (Lipinski definition) is 3. The molecule has 0 amide bonds. The molecule has 2 heterocycles. The Labute approximate surface area is 170 Å². The molecule has 2 aromatic heterocycles. The number of ether oxygens (including phenoxy) is 1. The van der Waals surface area contributed by atoms with Crippen molar-refractivity contribution < 1.29 is 9.13 Å². The number of halogens is 2. The predicted molar refractivity (Wildman–Crippen MR) is 111 cm³/mol. The van der Waals surface area contributed by atoms with Crippen molar-refractivity contribution in [3.8, 4) is 28.1 Å². The Morgan fingerprint density at radius 1 is 0.929 bits per heavy atom. The van der Waals surface area contributed by atoms with Crippen LogP contribution in [0.1, 0.15) is 5.56 Å². The van der Waals surface area contributed by atoms with Crippen molar-refractivity contribution in [3.05, 3.63) is 89.0 Å². The molecule has 0 unspecified atom stereocenters. The van der Waals surface area contributed by atoms with Gasteiger partial charge in [0.25, 0.3) is 0 Å². The second kappa shape index (κ2) is 7.94. The van der Waals surface area contributed by atoms with Crippen LogP contribution in [-0.2, 0) is 6.54 Å². The Kier molecular flexibility index (Phi) is 5.21. The first kappa shape index (κ1) is 18.4. The smallest absolute Gasteiger partial charge is 0.136 e. The van der Waals surface area contributed by atoms with Gasteiger partial charge in [-0.15, -0.1) is 0 Å². The highest BCUT2D eigenvalue weighted by Gasteiger charge is 2.20. The molecule has 140 valence electrons. The van der Waals surface area contributed by atoms with E-state index < -0.39 is 0 Å². The standard InChI is InChI=1S/C22H17BrFN3O/c1-28-19-8-2-15(3-9-19)14-27-21(17-4-6-18(24)7-5-17)20(22(23)26-27)16-10-12-25-13-11-16/h2-13H,14H2,1H3. The molecule has 0 atom stereocenters. The van der Waals surface area contributed by atoms with E-state index in [2.05, 4.69) is 20.9 Å². The zero-order valence-electron chi connectivity index (χ0n) is 15.1. The van der Waals surface area contributed by atoms with Crippen LogP contribution in [0.5, 0.6) is 5.75 Å². The van der Waals surface area contributed by atoms with E-state index in [0.29, 0.717) is 6.54 Å². The van der Waals surface area contributed by atoms with E-state index in [-0.39, 0.29) is 5.82 Å². The van der Waals surface area contributed by atoms with Gasteiger partial charge in [-0.25, -0.2) is 4.39 Å². The summed E-state index contributed by atoms with van der Waals surface area (Å²) in [6, 6.07) is 18.2. The average molecular weight is 438 g/mol. The molecule has 0 N–H and O–H groups in total. The summed E-state index contributed by atoms with van der Waals surface area (Å²) in [6.07, 6.45) is 3.49. The number of hydrogen-bond donors (Lipinski definition) is 0. The first-order valence-corrected chi connectivity index (χ1v) is 9.50. The minimum absolute atomic E-state index is 0.269. The van der Waals surface area contributed by atoms with Gasteiger partial charge in [-0.2, -0.15) is 5.10 Å². The largest absolute Gasteiger partial charge is 0.497 e. The lowest BCUT2D eigenvalue weighted by Crippen LogP contribution is -2.04. The van der Waals surface area contributed by atoms with Crippen LogP contribution >= 0.6 is 15.9 Å². The molecule has 6 heteroatoms. The van der Waals surface area contributed by atoms with Crippen LogP contribution in [0.2, 0.25) is 0 Å².